The maximum absolute atomic E-state index is 12.7. The highest BCUT2D eigenvalue weighted by atomic mass is 32.5. The lowest BCUT2D eigenvalue weighted by Crippen LogP contribution is -2.09. The van der Waals surface area contributed by atoms with Gasteiger partial charge in [-0.3, -0.25) is 4.79 Å². The lowest BCUT2D eigenvalue weighted by molar-refractivity contribution is -0.111. The van der Waals surface area contributed by atoms with Gasteiger partial charge in [0.25, 0.3) is 0 Å². The molecule has 0 aliphatic rings. The minimum absolute atomic E-state index is 0.0574. The van der Waals surface area contributed by atoms with Crippen molar-refractivity contribution in [1.29, 1.82) is 0 Å². The Hall–Kier alpha value is -3.01. The molecule has 10 heteroatoms. The van der Waals surface area contributed by atoms with Gasteiger partial charge in [-0.05, 0) is 54.5 Å². The summed E-state index contributed by atoms with van der Waals surface area (Å²) in [6.07, 6.45) is 4.42. The van der Waals surface area contributed by atoms with Gasteiger partial charge in [0.05, 0.1) is 7.11 Å². The first-order valence-corrected chi connectivity index (χ1v) is 10.0. The summed E-state index contributed by atoms with van der Waals surface area (Å²) >= 11 is 0. The average Bonchev–Trinajstić information content (AvgIpc) is 2.61. The smallest absolute Gasteiger partial charge is 0.310 e. The van der Waals surface area contributed by atoms with Crippen molar-refractivity contribution in [3.05, 3.63) is 66.3 Å². The van der Waals surface area contributed by atoms with Crippen LogP contribution in [-0.2, 0) is 11.2 Å². The number of amides is 1. The maximum atomic E-state index is 12.7. The minimum atomic E-state index is -9.76. The molecule has 0 spiro atoms. The second-order valence-corrected chi connectivity index (χ2v) is 8.45. The zero-order valence-electron chi connectivity index (χ0n) is 15.2. The molecule has 0 fully saturated rings. The van der Waals surface area contributed by atoms with E-state index >= 15 is 0 Å². The largest absolute Gasteiger partial charge is 0.504 e. The van der Waals surface area contributed by atoms with Crippen LogP contribution < -0.4 is 10.1 Å². The van der Waals surface area contributed by atoms with Crippen molar-refractivity contribution in [2.45, 2.75) is 11.3 Å². The van der Waals surface area contributed by atoms with Gasteiger partial charge in [0.15, 0.2) is 11.5 Å². The fourth-order valence-corrected chi connectivity index (χ4v) is 3.05. The lowest BCUT2D eigenvalue weighted by atomic mass is 10.1. The van der Waals surface area contributed by atoms with Crippen LogP contribution in [0, 0.1) is 0 Å². The van der Waals surface area contributed by atoms with Crippen molar-refractivity contribution in [2.75, 3.05) is 12.4 Å². The van der Waals surface area contributed by atoms with Crippen LogP contribution in [0.25, 0.3) is 6.08 Å². The van der Waals surface area contributed by atoms with E-state index in [9.17, 15) is 29.3 Å². The van der Waals surface area contributed by atoms with Gasteiger partial charge in [-0.1, -0.05) is 25.5 Å². The molecule has 2 N–H and O–H groups in total. The molecule has 1 amide bonds. The third kappa shape index (κ3) is 5.98. The van der Waals surface area contributed by atoms with Crippen LogP contribution in [0.1, 0.15) is 11.1 Å². The predicted molar refractivity (Wildman–Crippen MR) is 104 cm³/mol. The number of rotatable bonds is 7. The van der Waals surface area contributed by atoms with Crippen LogP contribution in [0.5, 0.6) is 11.5 Å². The van der Waals surface area contributed by atoms with Crippen molar-refractivity contribution in [1.82, 2.24) is 0 Å². The fraction of sp³-hybridized carbons (Fsp3) is 0.105. The summed E-state index contributed by atoms with van der Waals surface area (Å²) < 4.78 is 68.5. The number of anilines is 1. The normalized spacial score (nSPS) is 14.1. The van der Waals surface area contributed by atoms with Crippen molar-refractivity contribution in [2.24, 2.45) is 0 Å². The van der Waals surface area contributed by atoms with Gasteiger partial charge in [-0.2, -0.15) is 0 Å². The topological polar surface area (TPSA) is 58.6 Å². The number of methoxy groups -OCH3 is 1. The quantitative estimate of drug-likeness (QED) is 0.299. The molecule has 0 aliphatic heterocycles. The Morgan fingerprint density at radius 1 is 1.17 bits per heavy atom. The van der Waals surface area contributed by atoms with E-state index in [2.05, 4.69) is 11.9 Å². The third-order valence-electron chi connectivity index (χ3n) is 3.75. The van der Waals surface area contributed by atoms with Crippen molar-refractivity contribution in [3.8, 4) is 11.5 Å². The summed E-state index contributed by atoms with van der Waals surface area (Å²) in [6.45, 7) is 3.58. The molecule has 2 aromatic rings. The average molecular weight is 435 g/mol. The number of halogens is 5. The molecular formula is C19H18F5NO3S. The molecule has 0 saturated heterocycles. The van der Waals surface area contributed by atoms with Gasteiger partial charge in [0.1, 0.15) is 4.90 Å². The molecule has 0 aromatic heterocycles. The minimum Gasteiger partial charge on any atom is -0.504 e. The molecular weight excluding hydrogens is 417 g/mol. The van der Waals surface area contributed by atoms with E-state index in [1.165, 1.54) is 19.3 Å². The number of nitrogens with one attached hydrogen (secondary N) is 1. The summed E-state index contributed by atoms with van der Waals surface area (Å²) in [5.74, 6) is -0.559. The SMILES string of the molecule is C=CCc1cc(C=CC(=O)Nc2ccc(S(F)(F)(F)(F)F)cc2)cc(OC)c1O. The van der Waals surface area contributed by atoms with Gasteiger partial charge in [-0.25, -0.2) is 0 Å². The highest BCUT2D eigenvalue weighted by molar-refractivity contribution is 8.45. The number of aromatic hydroxyl groups is 1. The zero-order chi connectivity index (χ0) is 21.9. The molecule has 0 unspecified atom stereocenters. The molecule has 4 nitrogen and oxygen atoms in total. The van der Waals surface area contributed by atoms with Gasteiger partial charge in [0.2, 0.25) is 5.91 Å². The lowest BCUT2D eigenvalue weighted by Gasteiger charge is -2.40. The van der Waals surface area contributed by atoms with Crippen LogP contribution in [0.15, 0.2) is 60.0 Å². The molecule has 0 atom stereocenters. The molecule has 0 saturated carbocycles. The van der Waals surface area contributed by atoms with Crippen LogP contribution in [-0.4, -0.2) is 18.1 Å². The highest BCUT2D eigenvalue weighted by Crippen LogP contribution is 3.02. The highest BCUT2D eigenvalue weighted by Gasteiger charge is 2.65. The van der Waals surface area contributed by atoms with E-state index in [1.807, 2.05) is 0 Å². The number of ether oxygens (including phenoxy) is 1. The number of carbonyl (C=O) groups is 1. The molecule has 0 radical (unpaired) electrons. The molecule has 2 aromatic carbocycles. The molecule has 0 aliphatic carbocycles. The summed E-state index contributed by atoms with van der Waals surface area (Å²) in [5.41, 5.74) is 0.954. The first-order chi connectivity index (χ1) is 13.2. The number of hydrogen-bond donors (Lipinski definition) is 2. The number of carbonyl (C=O) groups excluding carboxylic acids is 1. The Morgan fingerprint density at radius 2 is 1.79 bits per heavy atom. The van der Waals surface area contributed by atoms with Crippen LogP contribution in [0.3, 0.4) is 0 Å². The van der Waals surface area contributed by atoms with Gasteiger partial charge in [-0.15, -0.1) is 6.58 Å². The second-order valence-electron chi connectivity index (χ2n) is 6.04. The molecule has 0 bridgehead atoms. The molecule has 29 heavy (non-hydrogen) atoms. The number of allylic oxidation sites excluding steroid dienone is 1. The first kappa shape index (κ1) is 22.3. The monoisotopic (exact) mass is 435 g/mol. The number of benzene rings is 2. The van der Waals surface area contributed by atoms with Gasteiger partial charge < -0.3 is 15.2 Å². The van der Waals surface area contributed by atoms with Crippen molar-refractivity contribution < 1.29 is 34.1 Å². The molecule has 0 heterocycles. The van der Waals surface area contributed by atoms with E-state index in [1.54, 1.807) is 12.1 Å². The van der Waals surface area contributed by atoms with Crippen LogP contribution in [0.2, 0.25) is 0 Å². The number of hydrogen-bond acceptors (Lipinski definition) is 3. The molecule has 158 valence electrons. The second kappa shape index (κ2) is 7.11. The Morgan fingerprint density at radius 3 is 2.31 bits per heavy atom. The van der Waals surface area contributed by atoms with E-state index < -0.39 is 21.0 Å². The number of phenolic OH excluding ortho intramolecular Hbond substituents is 1. The Labute approximate surface area is 164 Å². The summed E-state index contributed by atoms with van der Waals surface area (Å²) in [6, 6.07) is 5.00. The summed E-state index contributed by atoms with van der Waals surface area (Å²) in [7, 11) is -8.39. The first-order valence-electron chi connectivity index (χ1n) is 8.07. The number of phenols is 1. The summed E-state index contributed by atoms with van der Waals surface area (Å²) in [4.78, 5) is 9.93. The fourth-order valence-electron chi connectivity index (χ4n) is 2.40. The maximum Gasteiger partial charge on any atom is 0.310 e. The van der Waals surface area contributed by atoms with Crippen molar-refractivity contribution >= 4 is 27.9 Å². The Balaban J connectivity index is 2.16. The standard InChI is InChI=1S/C19H18F5NO3S/c1-3-4-14-11-13(12-17(28-2)19(14)27)5-10-18(26)25-15-6-8-16(9-7-15)29(20,21,22,23)24/h3,5-12,27H,1,4H2,2H3,(H,25,26). The Bertz CT molecular complexity index is 971. The summed E-state index contributed by atoms with van der Waals surface area (Å²) in [5, 5.41) is 12.3. The molecule has 2 rings (SSSR count). The van der Waals surface area contributed by atoms with Crippen LogP contribution in [0.4, 0.5) is 25.1 Å². The predicted octanol–water partition coefficient (Wildman–Crippen LogP) is 6.44. The zero-order valence-corrected chi connectivity index (χ0v) is 16.0. The van der Waals surface area contributed by atoms with E-state index in [0.29, 0.717) is 17.5 Å². The van der Waals surface area contributed by atoms with Gasteiger partial charge in [0, 0.05) is 17.3 Å². The third-order valence-corrected chi connectivity index (χ3v) is 4.92. The van der Waals surface area contributed by atoms with Gasteiger partial charge >= 0.3 is 10.2 Å². The Kier molecular flexibility index (Phi) is 5.46. The van der Waals surface area contributed by atoms with Crippen LogP contribution >= 0.6 is 10.2 Å². The van der Waals surface area contributed by atoms with Crippen molar-refractivity contribution in [3.63, 3.8) is 0 Å². The van der Waals surface area contributed by atoms with E-state index in [-0.39, 0.29) is 29.3 Å². The van der Waals surface area contributed by atoms with E-state index in [0.717, 1.165) is 18.2 Å². The van der Waals surface area contributed by atoms with E-state index in [4.69, 9.17) is 4.74 Å².